The lowest BCUT2D eigenvalue weighted by Crippen LogP contribution is -2.35. The Hall–Kier alpha value is -1.94. The quantitative estimate of drug-likeness (QED) is 0.813. The highest BCUT2D eigenvalue weighted by molar-refractivity contribution is 7.12. The molecule has 0 radical (unpaired) electrons. The van der Waals surface area contributed by atoms with Crippen LogP contribution in [0.5, 0.6) is 0 Å². The van der Waals surface area contributed by atoms with Gasteiger partial charge in [0, 0.05) is 6.54 Å². The van der Waals surface area contributed by atoms with Crippen LogP contribution in [0.1, 0.15) is 9.67 Å². The molecule has 102 valence electrons. The molecule has 0 saturated carbocycles. The van der Waals surface area contributed by atoms with E-state index in [1.54, 1.807) is 11.4 Å². The van der Waals surface area contributed by atoms with Gasteiger partial charge in [-0.1, -0.05) is 0 Å². The van der Waals surface area contributed by atoms with Crippen molar-refractivity contribution in [2.24, 2.45) is 0 Å². The number of nitrogens with zero attached hydrogens (tertiary/aromatic N) is 4. The standard InChI is InChI=1S/C9H9F2N5O2S/c10-8(11)6(17)3-12-9(18)7-5(1-2-19-7)16-4-13-14-15-16/h1-2,4,6,8,17H,3H2,(H,12,18). The van der Waals surface area contributed by atoms with Gasteiger partial charge in [0.1, 0.15) is 17.3 Å². The number of alkyl halides is 2. The fourth-order valence-corrected chi connectivity index (χ4v) is 2.09. The van der Waals surface area contributed by atoms with Crippen molar-refractivity contribution in [1.82, 2.24) is 25.5 Å². The Kier molecular flexibility index (Phi) is 4.12. The van der Waals surface area contributed by atoms with E-state index >= 15 is 0 Å². The van der Waals surface area contributed by atoms with Crippen LogP contribution in [-0.4, -0.2) is 50.3 Å². The van der Waals surface area contributed by atoms with Gasteiger partial charge in [0.15, 0.2) is 0 Å². The van der Waals surface area contributed by atoms with E-state index in [4.69, 9.17) is 5.11 Å². The number of amides is 1. The summed E-state index contributed by atoms with van der Waals surface area (Å²) in [6.07, 6.45) is -3.48. The van der Waals surface area contributed by atoms with Gasteiger partial charge in [0.25, 0.3) is 12.3 Å². The van der Waals surface area contributed by atoms with Crippen LogP contribution in [0.4, 0.5) is 8.78 Å². The number of carbonyl (C=O) groups excluding carboxylic acids is 1. The van der Waals surface area contributed by atoms with Crippen LogP contribution < -0.4 is 5.32 Å². The van der Waals surface area contributed by atoms with Crippen molar-refractivity contribution in [3.05, 3.63) is 22.7 Å². The van der Waals surface area contributed by atoms with Gasteiger partial charge in [0.2, 0.25) is 0 Å². The van der Waals surface area contributed by atoms with Crippen LogP contribution in [0.3, 0.4) is 0 Å². The molecule has 0 aliphatic carbocycles. The summed E-state index contributed by atoms with van der Waals surface area (Å²) in [6.45, 7) is -0.524. The van der Waals surface area contributed by atoms with Gasteiger partial charge in [0.05, 0.1) is 5.69 Å². The highest BCUT2D eigenvalue weighted by atomic mass is 32.1. The number of tetrazole rings is 1. The zero-order valence-corrected chi connectivity index (χ0v) is 10.2. The predicted octanol–water partition coefficient (Wildman–Crippen LogP) is 0.0796. The molecule has 2 aromatic heterocycles. The Morgan fingerprint density at radius 2 is 2.37 bits per heavy atom. The molecular weight excluding hydrogens is 280 g/mol. The summed E-state index contributed by atoms with van der Waals surface area (Å²) in [5.74, 6) is -0.569. The van der Waals surface area contributed by atoms with Gasteiger partial charge in [-0.2, -0.15) is 4.68 Å². The second-order valence-corrected chi connectivity index (χ2v) is 4.42. The average Bonchev–Trinajstić information content (AvgIpc) is 3.04. The molecule has 2 aromatic rings. The lowest BCUT2D eigenvalue weighted by Gasteiger charge is -2.10. The number of nitrogens with one attached hydrogen (secondary N) is 1. The molecule has 0 bridgehead atoms. The van der Waals surface area contributed by atoms with E-state index < -0.39 is 25.0 Å². The normalized spacial score (nSPS) is 12.6. The van der Waals surface area contributed by atoms with Crippen molar-refractivity contribution in [2.75, 3.05) is 6.54 Å². The molecule has 0 aliphatic heterocycles. The van der Waals surface area contributed by atoms with E-state index in [1.807, 2.05) is 0 Å². The lowest BCUT2D eigenvalue weighted by molar-refractivity contribution is -0.00268. The summed E-state index contributed by atoms with van der Waals surface area (Å²) >= 11 is 1.12. The Balaban J connectivity index is 2.07. The zero-order valence-electron chi connectivity index (χ0n) is 9.40. The maximum absolute atomic E-state index is 12.1. The topological polar surface area (TPSA) is 92.9 Å². The highest BCUT2D eigenvalue weighted by Gasteiger charge is 2.20. The Morgan fingerprint density at radius 1 is 1.58 bits per heavy atom. The van der Waals surface area contributed by atoms with Crippen molar-refractivity contribution in [3.8, 4) is 5.69 Å². The van der Waals surface area contributed by atoms with Crippen molar-refractivity contribution in [3.63, 3.8) is 0 Å². The number of carbonyl (C=O) groups is 1. The van der Waals surface area contributed by atoms with Gasteiger partial charge in [-0.15, -0.1) is 16.4 Å². The largest absolute Gasteiger partial charge is 0.385 e. The number of hydrogen-bond donors (Lipinski definition) is 2. The van der Waals surface area contributed by atoms with Gasteiger partial charge in [-0.05, 0) is 21.9 Å². The van der Waals surface area contributed by atoms with Crippen molar-refractivity contribution >= 4 is 17.2 Å². The second kappa shape index (κ2) is 5.80. The fraction of sp³-hybridized carbons (Fsp3) is 0.333. The third-order valence-corrected chi connectivity index (χ3v) is 3.11. The summed E-state index contributed by atoms with van der Waals surface area (Å²) in [5, 5.41) is 23.3. The number of aromatic nitrogens is 4. The summed E-state index contributed by atoms with van der Waals surface area (Å²) in [5.41, 5.74) is 0.444. The lowest BCUT2D eigenvalue weighted by atomic mass is 10.3. The molecule has 0 saturated heterocycles. The summed E-state index contributed by atoms with van der Waals surface area (Å²) < 4.78 is 25.5. The molecule has 1 unspecified atom stereocenters. The number of halogens is 2. The van der Waals surface area contributed by atoms with E-state index in [-0.39, 0.29) is 4.88 Å². The Labute approximate surface area is 109 Å². The molecule has 1 amide bonds. The van der Waals surface area contributed by atoms with Crippen LogP contribution in [0.15, 0.2) is 17.8 Å². The first-order chi connectivity index (χ1) is 9.09. The number of thiophene rings is 1. The van der Waals surface area contributed by atoms with Gasteiger partial charge in [-0.25, -0.2) is 8.78 Å². The third kappa shape index (κ3) is 3.09. The van der Waals surface area contributed by atoms with Crippen LogP contribution in [0, 0.1) is 0 Å². The first-order valence-electron chi connectivity index (χ1n) is 5.15. The SMILES string of the molecule is O=C(NCC(O)C(F)F)c1sccc1-n1cnnn1. The number of rotatable bonds is 5. The van der Waals surface area contributed by atoms with Crippen molar-refractivity contribution in [2.45, 2.75) is 12.5 Å². The van der Waals surface area contributed by atoms with Crippen molar-refractivity contribution in [1.29, 1.82) is 0 Å². The number of aliphatic hydroxyl groups is 1. The van der Waals surface area contributed by atoms with E-state index in [9.17, 15) is 13.6 Å². The maximum atomic E-state index is 12.1. The van der Waals surface area contributed by atoms with Crippen molar-refractivity contribution < 1.29 is 18.7 Å². The molecular formula is C9H9F2N5O2S. The van der Waals surface area contributed by atoms with E-state index in [0.717, 1.165) is 11.3 Å². The molecule has 7 nitrogen and oxygen atoms in total. The Morgan fingerprint density at radius 3 is 3.00 bits per heavy atom. The molecule has 10 heteroatoms. The van der Waals surface area contributed by atoms with Crippen LogP contribution in [0.25, 0.3) is 5.69 Å². The molecule has 2 heterocycles. The van der Waals surface area contributed by atoms with E-state index in [2.05, 4.69) is 20.8 Å². The van der Waals surface area contributed by atoms with E-state index in [1.165, 1.54) is 11.0 Å². The minimum Gasteiger partial charge on any atom is -0.385 e. The molecule has 0 aliphatic rings. The molecule has 1 atom stereocenters. The number of aliphatic hydroxyl groups excluding tert-OH is 1. The zero-order chi connectivity index (χ0) is 13.8. The first-order valence-corrected chi connectivity index (χ1v) is 6.03. The maximum Gasteiger partial charge on any atom is 0.265 e. The van der Waals surface area contributed by atoms with Gasteiger partial charge < -0.3 is 10.4 Å². The second-order valence-electron chi connectivity index (χ2n) is 3.50. The highest BCUT2D eigenvalue weighted by Crippen LogP contribution is 2.19. The van der Waals surface area contributed by atoms with Crippen LogP contribution in [-0.2, 0) is 0 Å². The average molecular weight is 289 g/mol. The third-order valence-electron chi connectivity index (χ3n) is 2.21. The molecule has 2 N–H and O–H groups in total. The monoisotopic (exact) mass is 289 g/mol. The predicted molar refractivity (Wildman–Crippen MR) is 61.4 cm³/mol. The minimum atomic E-state index is -2.90. The smallest absolute Gasteiger partial charge is 0.265 e. The van der Waals surface area contributed by atoms with Gasteiger partial charge >= 0.3 is 0 Å². The van der Waals surface area contributed by atoms with Crippen LogP contribution >= 0.6 is 11.3 Å². The minimum absolute atomic E-state index is 0.272. The molecule has 2 rings (SSSR count). The number of hydrogen-bond acceptors (Lipinski definition) is 6. The molecule has 0 spiro atoms. The summed E-state index contributed by atoms with van der Waals surface area (Å²) in [7, 11) is 0. The summed E-state index contributed by atoms with van der Waals surface area (Å²) in [6, 6.07) is 1.62. The van der Waals surface area contributed by atoms with E-state index in [0.29, 0.717) is 5.69 Å². The molecule has 0 aromatic carbocycles. The fourth-order valence-electron chi connectivity index (χ4n) is 1.29. The van der Waals surface area contributed by atoms with Crippen LogP contribution in [0.2, 0.25) is 0 Å². The summed E-state index contributed by atoms with van der Waals surface area (Å²) in [4.78, 5) is 12.1. The van der Waals surface area contributed by atoms with Gasteiger partial charge in [-0.3, -0.25) is 4.79 Å². The molecule has 19 heavy (non-hydrogen) atoms. The molecule has 0 fully saturated rings. The first kappa shape index (κ1) is 13.5. The Bertz CT molecular complexity index is 545.